The number of amides is 1. The first-order chi connectivity index (χ1) is 18.2. The van der Waals surface area contributed by atoms with Crippen molar-refractivity contribution in [1.29, 1.82) is 0 Å². The maximum Gasteiger partial charge on any atom is 0.244 e. The van der Waals surface area contributed by atoms with Crippen LogP contribution in [0.2, 0.25) is 0 Å². The molecule has 0 aromatic rings. The number of carbonyl (C=O) groups excluding carboxylic acids is 1. The van der Waals surface area contributed by atoms with Crippen LogP contribution in [0.25, 0.3) is 0 Å². The smallest absolute Gasteiger partial charge is 0.244 e. The van der Waals surface area contributed by atoms with E-state index in [1.165, 1.54) is 76.2 Å². The number of unbranched alkanes of at least 4 members (excludes halogenated alkanes) is 11. The summed E-state index contributed by atoms with van der Waals surface area (Å²) in [6.45, 7) is 13.0. The van der Waals surface area contributed by atoms with Crippen LogP contribution in [0.3, 0.4) is 0 Å². The van der Waals surface area contributed by atoms with Crippen molar-refractivity contribution >= 4 is 5.91 Å². The summed E-state index contributed by atoms with van der Waals surface area (Å²) in [7, 11) is 0. The van der Waals surface area contributed by atoms with Gasteiger partial charge in [0.15, 0.2) is 0 Å². The van der Waals surface area contributed by atoms with Crippen molar-refractivity contribution in [3.8, 4) is 0 Å². The summed E-state index contributed by atoms with van der Waals surface area (Å²) in [6, 6.07) is -0.690. The van der Waals surface area contributed by atoms with Crippen LogP contribution in [0.5, 0.6) is 0 Å². The molecule has 38 heavy (non-hydrogen) atoms. The van der Waals surface area contributed by atoms with Crippen LogP contribution in [0.1, 0.15) is 144 Å². The summed E-state index contributed by atoms with van der Waals surface area (Å²) in [5, 5.41) is 22.8. The van der Waals surface area contributed by atoms with Gasteiger partial charge in [-0.1, -0.05) is 121 Å². The van der Waals surface area contributed by atoms with Gasteiger partial charge in [-0.15, -0.1) is 0 Å². The molecule has 0 spiro atoms. The van der Waals surface area contributed by atoms with Gasteiger partial charge in [-0.05, 0) is 64.2 Å². The quantitative estimate of drug-likeness (QED) is 0.0659. The Kier molecular flexibility index (Phi) is 23.7. The largest absolute Gasteiger partial charge is 0.394 e. The molecule has 1 amide bonds. The normalized spacial score (nSPS) is 15.3. The summed E-state index contributed by atoms with van der Waals surface area (Å²) in [6.07, 6.45) is 26.2. The Balaban J connectivity index is 4.14. The van der Waals surface area contributed by atoms with Gasteiger partial charge in [0.25, 0.3) is 0 Å². The second-order valence-electron chi connectivity index (χ2n) is 11.9. The van der Waals surface area contributed by atoms with Crippen LogP contribution in [-0.4, -0.2) is 34.9 Å². The monoisotopic (exact) mass is 533 g/mol. The van der Waals surface area contributed by atoms with Crippen molar-refractivity contribution in [3.63, 3.8) is 0 Å². The van der Waals surface area contributed by atoms with Gasteiger partial charge in [-0.2, -0.15) is 0 Å². The van der Waals surface area contributed by atoms with Gasteiger partial charge in [-0.25, -0.2) is 0 Å². The summed E-state index contributed by atoms with van der Waals surface area (Å²) in [4.78, 5) is 12.4. The van der Waals surface area contributed by atoms with Gasteiger partial charge in [0, 0.05) is 6.08 Å². The Hall–Kier alpha value is -1.39. The van der Waals surface area contributed by atoms with Crippen LogP contribution in [0, 0.1) is 11.8 Å². The lowest BCUT2D eigenvalue weighted by Gasteiger charge is -2.19. The number of hydrogen-bond acceptors (Lipinski definition) is 3. The van der Waals surface area contributed by atoms with Gasteiger partial charge >= 0.3 is 0 Å². The standard InChI is InChI=1S/C34H63NO3/c1-7-8-9-10-11-12-13-14-15-16-17-18-19-23-33(37)32(27-36)35-34(38)26-30(5)22-20-21-29(4)24-25-31(6)28(2)3/h19,21,23,26,28,31-33,36-37H,7-18,20,22,24-25,27H2,1-6H3,(H,35,38)/b23-19+,29-21+,30-26+/t31?,32-,33+/m0/s1. The molecule has 0 saturated heterocycles. The van der Waals surface area contributed by atoms with Crippen molar-refractivity contribution in [2.45, 2.75) is 156 Å². The minimum atomic E-state index is -0.885. The number of hydrogen-bond donors (Lipinski definition) is 3. The van der Waals surface area contributed by atoms with E-state index < -0.39 is 12.1 Å². The van der Waals surface area contributed by atoms with Gasteiger partial charge in [0.1, 0.15) is 0 Å². The van der Waals surface area contributed by atoms with Gasteiger partial charge in [0.2, 0.25) is 5.91 Å². The molecule has 3 atom stereocenters. The predicted octanol–water partition coefficient (Wildman–Crippen LogP) is 8.83. The Morgan fingerprint density at radius 2 is 1.39 bits per heavy atom. The zero-order valence-corrected chi connectivity index (χ0v) is 25.9. The molecule has 0 saturated carbocycles. The first kappa shape index (κ1) is 36.6. The third-order valence-electron chi connectivity index (χ3n) is 7.79. The highest BCUT2D eigenvalue weighted by Gasteiger charge is 2.17. The first-order valence-electron chi connectivity index (χ1n) is 15.8. The third-order valence-corrected chi connectivity index (χ3v) is 7.79. The lowest BCUT2D eigenvalue weighted by molar-refractivity contribution is -0.118. The zero-order valence-electron chi connectivity index (χ0n) is 25.9. The van der Waals surface area contributed by atoms with Gasteiger partial charge < -0.3 is 15.5 Å². The van der Waals surface area contributed by atoms with Crippen LogP contribution < -0.4 is 5.32 Å². The van der Waals surface area contributed by atoms with E-state index in [4.69, 9.17) is 0 Å². The van der Waals surface area contributed by atoms with Crippen LogP contribution in [-0.2, 0) is 4.79 Å². The van der Waals surface area contributed by atoms with E-state index in [2.05, 4.69) is 46.0 Å². The number of carbonyl (C=O) groups is 1. The SMILES string of the molecule is CCCCCCCCCCCCC/C=C/[C@@H](O)[C@H](CO)NC(=O)/C=C(\C)CC/C=C(\C)CCC(C)C(C)C. The van der Waals surface area contributed by atoms with E-state index >= 15 is 0 Å². The van der Waals surface area contributed by atoms with Crippen LogP contribution >= 0.6 is 0 Å². The summed E-state index contributed by atoms with van der Waals surface area (Å²) < 4.78 is 0. The van der Waals surface area contributed by atoms with E-state index in [-0.39, 0.29) is 12.5 Å². The number of aliphatic hydroxyl groups is 2. The lowest BCUT2D eigenvalue weighted by Crippen LogP contribution is -2.44. The Labute approximate surface area is 236 Å². The number of nitrogens with one attached hydrogen (secondary N) is 1. The molecule has 0 fully saturated rings. The molecule has 0 aromatic heterocycles. The molecule has 222 valence electrons. The minimum Gasteiger partial charge on any atom is -0.394 e. The number of aliphatic hydroxyl groups excluding tert-OH is 2. The zero-order chi connectivity index (χ0) is 28.6. The van der Waals surface area contributed by atoms with E-state index in [9.17, 15) is 15.0 Å². The molecule has 0 radical (unpaired) electrons. The van der Waals surface area contributed by atoms with Gasteiger partial charge in [-0.3, -0.25) is 4.79 Å². The minimum absolute atomic E-state index is 0.258. The number of rotatable bonds is 24. The van der Waals surface area contributed by atoms with Crippen molar-refractivity contribution in [2.75, 3.05) is 6.61 Å². The average molecular weight is 534 g/mol. The first-order valence-corrected chi connectivity index (χ1v) is 15.8. The molecule has 0 bridgehead atoms. The molecule has 0 aliphatic carbocycles. The maximum absolute atomic E-state index is 12.4. The predicted molar refractivity (Wildman–Crippen MR) is 165 cm³/mol. The van der Waals surface area contributed by atoms with Crippen molar-refractivity contribution in [3.05, 3.63) is 35.5 Å². The van der Waals surface area contributed by atoms with Gasteiger partial charge in [0.05, 0.1) is 18.8 Å². The van der Waals surface area contributed by atoms with Crippen LogP contribution in [0.4, 0.5) is 0 Å². The van der Waals surface area contributed by atoms with Crippen molar-refractivity contribution in [2.24, 2.45) is 11.8 Å². The lowest BCUT2D eigenvalue weighted by atomic mass is 9.91. The molecule has 4 nitrogen and oxygen atoms in total. The van der Waals surface area contributed by atoms with Crippen molar-refractivity contribution in [1.82, 2.24) is 5.32 Å². The molecule has 0 aliphatic heterocycles. The molecule has 0 aromatic carbocycles. The molecule has 0 aliphatic rings. The average Bonchev–Trinajstić information content (AvgIpc) is 2.88. The Morgan fingerprint density at radius 3 is 1.95 bits per heavy atom. The second-order valence-corrected chi connectivity index (χ2v) is 11.9. The second kappa shape index (κ2) is 24.6. The van der Waals surface area contributed by atoms with E-state index in [0.29, 0.717) is 0 Å². The summed E-state index contributed by atoms with van der Waals surface area (Å²) in [5.41, 5.74) is 2.42. The molecular weight excluding hydrogens is 470 g/mol. The maximum atomic E-state index is 12.4. The fourth-order valence-electron chi connectivity index (χ4n) is 4.49. The topological polar surface area (TPSA) is 69.6 Å². The fourth-order valence-corrected chi connectivity index (χ4v) is 4.49. The molecule has 0 rings (SSSR count). The summed E-state index contributed by atoms with van der Waals surface area (Å²) >= 11 is 0. The number of allylic oxidation sites excluding steroid dienone is 4. The molecule has 3 N–H and O–H groups in total. The highest BCUT2D eigenvalue weighted by Crippen LogP contribution is 2.19. The Bertz CT molecular complexity index is 665. The van der Waals surface area contributed by atoms with E-state index in [0.717, 1.165) is 49.5 Å². The van der Waals surface area contributed by atoms with Crippen molar-refractivity contribution < 1.29 is 15.0 Å². The van der Waals surface area contributed by atoms with E-state index in [1.807, 2.05) is 13.0 Å². The third kappa shape index (κ3) is 21.5. The van der Waals surface area contributed by atoms with E-state index in [1.54, 1.807) is 12.2 Å². The molecular formula is C34H63NO3. The fraction of sp³-hybridized carbons (Fsp3) is 0.794. The molecule has 4 heteroatoms. The Morgan fingerprint density at radius 1 is 0.816 bits per heavy atom. The van der Waals surface area contributed by atoms with Crippen LogP contribution in [0.15, 0.2) is 35.5 Å². The molecule has 0 heterocycles. The highest BCUT2D eigenvalue weighted by molar-refractivity contribution is 5.88. The summed E-state index contributed by atoms with van der Waals surface area (Å²) in [5.74, 6) is 1.20. The molecule has 1 unspecified atom stereocenters. The highest BCUT2D eigenvalue weighted by atomic mass is 16.3.